The van der Waals surface area contributed by atoms with Crippen molar-refractivity contribution < 1.29 is 9.59 Å². The molecule has 0 atom stereocenters. The van der Waals surface area contributed by atoms with E-state index in [1.807, 2.05) is 22.4 Å². The summed E-state index contributed by atoms with van der Waals surface area (Å²) in [6.45, 7) is 3.30. The lowest BCUT2D eigenvalue weighted by Gasteiger charge is -2.26. The van der Waals surface area contributed by atoms with Crippen molar-refractivity contribution in [1.82, 2.24) is 4.90 Å². The van der Waals surface area contributed by atoms with Crippen LogP contribution in [-0.2, 0) is 11.2 Å². The first-order chi connectivity index (χ1) is 12.1. The van der Waals surface area contributed by atoms with Crippen molar-refractivity contribution >= 4 is 39.5 Å². The van der Waals surface area contributed by atoms with E-state index in [-0.39, 0.29) is 18.2 Å². The Balaban J connectivity index is 1.79. The lowest BCUT2D eigenvalue weighted by atomic mass is 10.1. The molecule has 2 aromatic rings. The van der Waals surface area contributed by atoms with Gasteiger partial charge in [0.25, 0.3) is 5.91 Å². The van der Waals surface area contributed by atoms with Gasteiger partial charge in [-0.15, -0.1) is 22.7 Å². The van der Waals surface area contributed by atoms with Crippen molar-refractivity contribution in [2.24, 2.45) is 0 Å². The highest BCUT2D eigenvalue weighted by Crippen LogP contribution is 2.34. The lowest BCUT2D eigenvalue weighted by molar-refractivity contribution is -0.115. The molecule has 1 N–H and O–H groups in total. The number of likely N-dealkylation sites (tertiary alicyclic amines) is 1. The summed E-state index contributed by atoms with van der Waals surface area (Å²) in [4.78, 5) is 28.4. The number of rotatable bonds is 4. The van der Waals surface area contributed by atoms with Gasteiger partial charge < -0.3 is 10.2 Å². The van der Waals surface area contributed by atoms with Crippen molar-refractivity contribution in [3.63, 3.8) is 0 Å². The van der Waals surface area contributed by atoms with Crippen LogP contribution < -0.4 is 5.32 Å². The molecule has 0 saturated carbocycles. The Morgan fingerprint density at radius 2 is 2.08 bits per heavy atom. The number of nitriles is 1. The molecule has 0 radical (unpaired) electrons. The average molecular weight is 374 g/mol. The second-order valence-electron chi connectivity index (χ2n) is 6.03. The van der Waals surface area contributed by atoms with Gasteiger partial charge in [0.15, 0.2) is 0 Å². The van der Waals surface area contributed by atoms with Crippen LogP contribution in [0.3, 0.4) is 0 Å². The third-order valence-corrected chi connectivity index (χ3v) is 6.34. The molecule has 130 valence electrons. The summed E-state index contributed by atoms with van der Waals surface area (Å²) in [5.74, 6) is -0.199. The van der Waals surface area contributed by atoms with Gasteiger partial charge in [-0.3, -0.25) is 9.59 Å². The molecule has 2 amide bonds. The highest BCUT2D eigenvalue weighted by molar-refractivity contribution is 7.18. The molecule has 0 aromatic carbocycles. The molecule has 1 fully saturated rings. The van der Waals surface area contributed by atoms with Gasteiger partial charge in [-0.1, -0.05) is 6.07 Å². The van der Waals surface area contributed by atoms with Crippen molar-refractivity contribution in [1.29, 1.82) is 5.26 Å². The Morgan fingerprint density at radius 3 is 2.72 bits per heavy atom. The van der Waals surface area contributed by atoms with Crippen LogP contribution in [0.1, 0.15) is 44.9 Å². The highest BCUT2D eigenvalue weighted by atomic mass is 32.1. The zero-order chi connectivity index (χ0) is 17.8. The summed E-state index contributed by atoms with van der Waals surface area (Å²) in [7, 11) is 0. The number of nitrogens with one attached hydrogen (secondary N) is 1. The minimum atomic E-state index is -0.169. The summed E-state index contributed by atoms with van der Waals surface area (Å²) in [5.41, 5.74) is 1.05. The molecule has 1 saturated heterocycles. The summed E-state index contributed by atoms with van der Waals surface area (Å²) in [5, 5.41) is 14.7. The Morgan fingerprint density at radius 1 is 1.32 bits per heavy atom. The SMILES string of the molecule is Cc1c(C(=O)N2CCCCC2)sc(NC(=O)Cc2cccs2)c1C#N. The van der Waals surface area contributed by atoms with Crippen LogP contribution in [0.4, 0.5) is 5.00 Å². The number of hydrogen-bond acceptors (Lipinski definition) is 5. The van der Waals surface area contributed by atoms with Crippen LogP contribution in [0.5, 0.6) is 0 Å². The summed E-state index contributed by atoms with van der Waals surface area (Å²) >= 11 is 2.73. The third kappa shape index (κ3) is 3.91. The second-order valence-corrected chi connectivity index (χ2v) is 8.08. The van der Waals surface area contributed by atoms with Gasteiger partial charge in [0.2, 0.25) is 5.91 Å². The Kier molecular flexibility index (Phi) is 5.51. The highest BCUT2D eigenvalue weighted by Gasteiger charge is 2.26. The first-order valence-corrected chi connectivity index (χ1v) is 9.94. The molecule has 25 heavy (non-hydrogen) atoms. The van der Waals surface area contributed by atoms with E-state index in [4.69, 9.17) is 0 Å². The normalized spacial score (nSPS) is 14.2. The van der Waals surface area contributed by atoms with Gasteiger partial charge in [0.1, 0.15) is 11.1 Å². The standard InChI is InChI=1S/C18H19N3O2S2/c1-12-14(11-19)17(20-15(22)10-13-6-5-9-24-13)25-16(12)18(23)21-7-3-2-4-8-21/h5-6,9H,2-4,7-8,10H2,1H3,(H,20,22). The minimum absolute atomic E-state index is 0.0301. The molecular weight excluding hydrogens is 354 g/mol. The maximum absolute atomic E-state index is 12.8. The van der Waals surface area contributed by atoms with Crippen LogP contribution in [0.2, 0.25) is 0 Å². The molecule has 7 heteroatoms. The number of hydrogen-bond donors (Lipinski definition) is 1. The van der Waals surface area contributed by atoms with E-state index in [1.165, 1.54) is 22.7 Å². The lowest BCUT2D eigenvalue weighted by Crippen LogP contribution is -2.35. The van der Waals surface area contributed by atoms with E-state index in [1.54, 1.807) is 6.92 Å². The van der Waals surface area contributed by atoms with Crippen LogP contribution in [-0.4, -0.2) is 29.8 Å². The van der Waals surface area contributed by atoms with Crippen molar-refractivity contribution in [3.8, 4) is 6.07 Å². The molecule has 3 rings (SSSR count). The van der Waals surface area contributed by atoms with E-state index < -0.39 is 0 Å². The molecule has 0 unspecified atom stereocenters. The molecule has 2 aromatic heterocycles. The molecule has 1 aliphatic heterocycles. The fourth-order valence-electron chi connectivity index (χ4n) is 2.92. The predicted molar refractivity (Wildman–Crippen MR) is 100 cm³/mol. The largest absolute Gasteiger partial charge is 0.338 e. The topological polar surface area (TPSA) is 73.2 Å². The first-order valence-electron chi connectivity index (χ1n) is 8.25. The molecular formula is C18H19N3O2S2. The monoisotopic (exact) mass is 373 g/mol. The number of piperidine rings is 1. The molecule has 5 nitrogen and oxygen atoms in total. The predicted octanol–water partition coefficient (Wildman–Crippen LogP) is 3.80. The molecule has 0 aliphatic carbocycles. The van der Waals surface area contributed by atoms with Crippen LogP contribution in [0, 0.1) is 18.3 Å². The number of anilines is 1. The third-order valence-electron chi connectivity index (χ3n) is 4.26. The fourth-order valence-corrected chi connectivity index (χ4v) is 4.77. The maximum Gasteiger partial charge on any atom is 0.264 e. The van der Waals surface area contributed by atoms with Gasteiger partial charge in [0.05, 0.1) is 16.9 Å². The van der Waals surface area contributed by atoms with E-state index in [2.05, 4.69) is 11.4 Å². The van der Waals surface area contributed by atoms with E-state index >= 15 is 0 Å². The van der Waals surface area contributed by atoms with Gasteiger partial charge >= 0.3 is 0 Å². The van der Waals surface area contributed by atoms with Gasteiger partial charge in [-0.25, -0.2) is 0 Å². The van der Waals surface area contributed by atoms with Crippen molar-refractivity contribution in [2.75, 3.05) is 18.4 Å². The number of carbonyl (C=O) groups is 2. The zero-order valence-corrected chi connectivity index (χ0v) is 15.6. The average Bonchev–Trinajstić information content (AvgIpc) is 3.23. The smallest absolute Gasteiger partial charge is 0.264 e. The molecule has 3 heterocycles. The second kappa shape index (κ2) is 7.81. The Bertz CT molecular complexity index is 812. The number of amides is 2. The van der Waals surface area contributed by atoms with Gasteiger partial charge in [-0.05, 0) is 43.2 Å². The first kappa shape index (κ1) is 17.6. The Hall–Kier alpha value is -2.17. The Labute approximate surface area is 154 Å². The molecule has 0 bridgehead atoms. The summed E-state index contributed by atoms with van der Waals surface area (Å²) in [6, 6.07) is 5.94. The summed E-state index contributed by atoms with van der Waals surface area (Å²) < 4.78 is 0. The zero-order valence-electron chi connectivity index (χ0n) is 14.0. The maximum atomic E-state index is 12.8. The molecule has 1 aliphatic rings. The number of nitrogens with zero attached hydrogens (tertiary/aromatic N) is 2. The quantitative estimate of drug-likeness (QED) is 0.886. The van der Waals surface area contributed by atoms with Crippen LogP contribution in [0.25, 0.3) is 0 Å². The van der Waals surface area contributed by atoms with Gasteiger partial charge in [0, 0.05) is 18.0 Å². The van der Waals surface area contributed by atoms with E-state index in [0.717, 1.165) is 37.2 Å². The minimum Gasteiger partial charge on any atom is -0.338 e. The fraction of sp³-hybridized carbons (Fsp3) is 0.389. The van der Waals surface area contributed by atoms with Crippen molar-refractivity contribution in [2.45, 2.75) is 32.6 Å². The molecule has 0 spiro atoms. The van der Waals surface area contributed by atoms with Crippen molar-refractivity contribution in [3.05, 3.63) is 38.4 Å². The van der Waals surface area contributed by atoms with E-state index in [0.29, 0.717) is 21.0 Å². The summed E-state index contributed by atoms with van der Waals surface area (Å²) in [6.07, 6.45) is 3.47. The van der Waals surface area contributed by atoms with Gasteiger partial charge in [-0.2, -0.15) is 5.26 Å². The van der Waals surface area contributed by atoms with E-state index in [9.17, 15) is 14.9 Å². The number of thiophene rings is 2. The number of carbonyl (C=O) groups excluding carboxylic acids is 2. The van der Waals surface area contributed by atoms with Crippen LogP contribution in [0.15, 0.2) is 17.5 Å². The van der Waals surface area contributed by atoms with Crippen LogP contribution >= 0.6 is 22.7 Å².